The van der Waals surface area contributed by atoms with E-state index in [4.69, 9.17) is 10.2 Å². The fourth-order valence-corrected chi connectivity index (χ4v) is 4.78. The number of nitrogens with zero attached hydrogens (tertiary/aromatic N) is 1. The van der Waals surface area contributed by atoms with Gasteiger partial charge in [0, 0.05) is 45.6 Å². The molecule has 1 aromatic rings. The van der Waals surface area contributed by atoms with Crippen LogP contribution >= 0.6 is 0 Å². The van der Waals surface area contributed by atoms with Gasteiger partial charge in [-0.05, 0) is 78.2 Å². The minimum Gasteiger partial charge on any atom is -0.400 e. The van der Waals surface area contributed by atoms with Gasteiger partial charge in [0.25, 0.3) is 0 Å². The van der Waals surface area contributed by atoms with Crippen LogP contribution in [0.15, 0.2) is 30.3 Å². The Balaban J connectivity index is -0.000000760. The third kappa shape index (κ3) is 14.8. The quantitative estimate of drug-likeness (QED) is 0.462. The highest BCUT2D eigenvalue weighted by Gasteiger charge is 2.50. The van der Waals surface area contributed by atoms with Gasteiger partial charge in [-0.2, -0.15) is 0 Å². The maximum atomic E-state index is 13.0. The molecular weight excluding hydrogens is 464 g/mol. The molecule has 0 radical (unpaired) electrons. The van der Waals surface area contributed by atoms with E-state index in [1.165, 1.54) is 31.2 Å². The highest BCUT2D eigenvalue weighted by Crippen LogP contribution is 2.46. The van der Waals surface area contributed by atoms with Crippen LogP contribution in [0.5, 0.6) is 0 Å². The Kier molecular flexibility index (Phi) is 26.8. The van der Waals surface area contributed by atoms with E-state index in [0.717, 1.165) is 39.0 Å². The Morgan fingerprint density at radius 1 is 1.14 bits per heavy atom. The highest BCUT2D eigenvalue weighted by molar-refractivity contribution is 5.82. The lowest BCUT2D eigenvalue weighted by atomic mass is 9.90. The van der Waals surface area contributed by atoms with Crippen molar-refractivity contribution in [2.75, 3.05) is 34.0 Å². The summed E-state index contributed by atoms with van der Waals surface area (Å²) in [6.45, 7) is 12.2. The molecule has 6 heteroatoms. The van der Waals surface area contributed by atoms with E-state index in [9.17, 15) is 4.79 Å². The van der Waals surface area contributed by atoms with Crippen LogP contribution < -0.4 is 5.32 Å². The molecule has 3 N–H and O–H groups in total. The molecule has 0 aromatic heterocycles. The topological polar surface area (TPSA) is 82.0 Å². The summed E-state index contributed by atoms with van der Waals surface area (Å²) in [4.78, 5) is 15.2. The number of hydrogen-bond acceptors (Lipinski definition) is 5. The van der Waals surface area contributed by atoms with Crippen molar-refractivity contribution in [3.63, 3.8) is 0 Å². The maximum Gasteiger partial charge on any atom is 0.239 e. The Morgan fingerprint density at radius 2 is 1.65 bits per heavy atom. The van der Waals surface area contributed by atoms with Gasteiger partial charge in [0.05, 0.1) is 6.04 Å². The van der Waals surface area contributed by atoms with Crippen molar-refractivity contribution in [1.29, 1.82) is 0 Å². The number of aliphatic hydroxyl groups is 2. The molecule has 1 saturated carbocycles. The van der Waals surface area contributed by atoms with Crippen LogP contribution in [0.25, 0.3) is 0 Å². The number of ether oxygens (including phenoxy) is 1. The lowest BCUT2D eigenvalue weighted by Crippen LogP contribution is -2.53. The van der Waals surface area contributed by atoms with E-state index < -0.39 is 0 Å². The second kappa shape index (κ2) is 25.3. The average molecular weight is 519 g/mol. The van der Waals surface area contributed by atoms with Gasteiger partial charge in [0.2, 0.25) is 5.91 Å². The fraction of sp³-hybridized carbons (Fsp3) is 0.645. The molecular formula is C31H54N2O4. The van der Waals surface area contributed by atoms with Crippen LogP contribution in [0.4, 0.5) is 0 Å². The van der Waals surface area contributed by atoms with Crippen molar-refractivity contribution < 1.29 is 19.7 Å². The van der Waals surface area contributed by atoms with E-state index in [-0.39, 0.29) is 18.2 Å². The molecule has 37 heavy (non-hydrogen) atoms. The zero-order valence-electron chi connectivity index (χ0n) is 24.5. The lowest BCUT2D eigenvalue weighted by molar-refractivity contribution is -0.137. The number of carbonyl (C=O) groups is 1. The first-order valence-electron chi connectivity index (χ1n) is 13.2. The Bertz CT molecular complexity index is 684. The summed E-state index contributed by atoms with van der Waals surface area (Å²) in [5.41, 5.74) is 1.49. The molecule has 1 unspecified atom stereocenters. The summed E-state index contributed by atoms with van der Waals surface area (Å²) < 4.78 is 4.54. The van der Waals surface area contributed by atoms with Crippen molar-refractivity contribution in [2.45, 2.75) is 90.8 Å². The summed E-state index contributed by atoms with van der Waals surface area (Å²) in [6, 6.07) is 10.8. The second-order valence-electron chi connectivity index (χ2n) is 8.93. The van der Waals surface area contributed by atoms with E-state index in [0.29, 0.717) is 11.9 Å². The van der Waals surface area contributed by atoms with E-state index in [1.54, 1.807) is 14.0 Å². The average Bonchev–Trinajstić information content (AvgIpc) is 3.47. The molecule has 1 aromatic carbocycles. The number of methoxy groups -OCH3 is 1. The van der Waals surface area contributed by atoms with Crippen LogP contribution in [0.1, 0.15) is 72.3 Å². The zero-order valence-corrected chi connectivity index (χ0v) is 24.5. The number of rotatable bonds is 7. The number of fused-ring (bicyclic) bond motifs is 1. The first-order valence-corrected chi connectivity index (χ1v) is 13.2. The molecule has 1 heterocycles. The molecule has 1 aliphatic carbocycles. The first-order chi connectivity index (χ1) is 17.8. The predicted octanol–water partition coefficient (Wildman–Crippen LogP) is 4.54. The monoisotopic (exact) mass is 518 g/mol. The summed E-state index contributed by atoms with van der Waals surface area (Å²) >= 11 is 0. The normalized spacial score (nSPS) is 20.1. The number of aliphatic hydroxyl groups excluding tert-OH is 2. The third-order valence-electron chi connectivity index (χ3n) is 6.60. The Hall–Kier alpha value is -2.35. The van der Waals surface area contributed by atoms with Crippen LogP contribution in [0.3, 0.4) is 0 Å². The molecule has 4 atom stereocenters. The molecule has 212 valence electrons. The SMILES string of the molecule is C#C.C#C.CCO.CCOC.CO.C[C@H](CCc1ccccc1)N[C@@H](C)C(=O)N1CCC2CCC[C@@]21C. The van der Waals surface area contributed by atoms with Crippen molar-refractivity contribution in [3.05, 3.63) is 35.9 Å². The van der Waals surface area contributed by atoms with Gasteiger partial charge in [-0.15, -0.1) is 25.7 Å². The summed E-state index contributed by atoms with van der Waals surface area (Å²) in [5.74, 6) is 1.03. The third-order valence-corrected chi connectivity index (χ3v) is 6.60. The summed E-state index contributed by atoms with van der Waals surface area (Å²) in [6.07, 6.45) is 23.1. The van der Waals surface area contributed by atoms with Crippen molar-refractivity contribution in [2.24, 2.45) is 5.92 Å². The van der Waals surface area contributed by atoms with Gasteiger partial charge >= 0.3 is 0 Å². The molecule has 1 aliphatic heterocycles. The van der Waals surface area contributed by atoms with Crippen LogP contribution in [0, 0.1) is 31.6 Å². The van der Waals surface area contributed by atoms with Gasteiger partial charge in [-0.25, -0.2) is 0 Å². The molecule has 0 bridgehead atoms. The standard InChI is InChI=1S/C21H32N2O.C3H8O.C2H6O.2C2H2.CH4O/c1-16(11-12-18-8-5-4-6-9-18)22-17(2)20(24)23-15-13-19-10-7-14-21(19,23)3;1-3-4-2;1-2-3;3*1-2/h4-6,8-9,16-17,19,22H,7,10-15H2,1-3H3;3H2,1-2H3;3H,2H2,1H3;2*1-2H;2H,1H3/t16-,17+,19?,21+;;;;;/m1...../s1. The number of carbonyl (C=O) groups excluding carboxylic acids is 1. The van der Waals surface area contributed by atoms with Gasteiger partial charge in [0.15, 0.2) is 0 Å². The molecule has 1 amide bonds. The summed E-state index contributed by atoms with van der Waals surface area (Å²) in [7, 11) is 2.68. The number of nitrogens with one attached hydrogen (secondary N) is 1. The second-order valence-corrected chi connectivity index (χ2v) is 8.93. The molecule has 2 fully saturated rings. The van der Waals surface area contributed by atoms with Crippen molar-refractivity contribution in [3.8, 4) is 25.7 Å². The van der Waals surface area contributed by atoms with E-state index >= 15 is 0 Å². The van der Waals surface area contributed by atoms with E-state index in [2.05, 4.69) is 84.8 Å². The number of likely N-dealkylation sites (tertiary alicyclic amines) is 1. The Morgan fingerprint density at radius 3 is 2.14 bits per heavy atom. The minimum absolute atomic E-state index is 0.0908. The predicted molar refractivity (Wildman–Crippen MR) is 157 cm³/mol. The molecule has 0 spiro atoms. The summed E-state index contributed by atoms with van der Waals surface area (Å²) in [5, 5.41) is 18.1. The fourth-order valence-electron chi connectivity index (χ4n) is 4.78. The van der Waals surface area contributed by atoms with Crippen LogP contribution in [-0.2, 0) is 16.0 Å². The highest BCUT2D eigenvalue weighted by atomic mass is 16.5. The van der Waals surface area contributed by atoms with Gasteiger partial charge in [-0.3, -0.25) is 4.79 Å². The number of hydrogen-bond donors (Lipinski definition) is 3. The van der Waals surface area contributed by atoms with Gasteiger partial charge in [-0.1, -0.05) is 36.8 Å². The van der Waals surface area contributed by atoms with Gasteiger partial charge in [0.1, 0.15) is 0 Å². The smallest absolute Gasteiger partial charge is 0.239 e. The van der Waals surface area contributed by atoms with Crippen LogP contribution in [0.2, 0.25) is 0 Å². The lowest BCUT2D eigenvalue weighted by Gasteiger charge is -2.37. The zero-order chi connectivity index (χ0) is 29.3. The van der Waals surface area contributed by atoms with Crippen LogP contribution in [-0.4, -0.2) is 72.6 Å². The van der Waals surface area contributed by atoms with Crippen molar-refractivity contribution >= 4 is 5.91 Å². The first kappa shape index (κ1) is 39.2. The number of amides is 1. The van der Waals surface area contributed by atoms with Gasteiger partial charge < -0.3 is 25.2 Å². The number of aryl methyl sites for hydroxylation is 1. The minimum atomic E-state index is -0.0908. The number of terminal acetylenes is 2. The largest absolute Gasteiger partial charge is 0.400 e. The number of benzene rings is 1. The maximum absolute atomic E-state index is 13.0. The van der Waals surface area contributed by atoms with Crippen molar-refractivity contribution in [1.82, 2.24) is 10.2 Å². The molecule has 1 saturated heterocycles. The Labute approximate surface area is 228 Å². The molecule has 6 nitrogen and oxygen atoms in total. The molecule has 2 aliphatic rings. The van der Waals surface area contributed by atoms with E-state index in [1.807, 2.05) is 13.8 Å². The molecule has 3 rings (SSSR count).